The largest absolute Gasteiger partial charge is 0.387 e. The lowest BCUT2D eigenvalue weighted by Gasteiger charge is -2.08. The van der Waals surface area contributed by atoms with Gasteiger partial charge >= 0.3 is 0 Å². The van der Waals surface area contributed by atoms with E-state index in [-0.39, 0.29) is 0 Å². The van der Waals surface area contributed by atoms with Crippen molar-refractivity contribution >= 4 is 6.08 Å². The molecule has 62 valence electrons. The molecule has 12 heavy (non-hydrogen) atoms. The Bertz CT molecular complexity index is 306. The van der Waals surface area contributed by atoms with Crippen LogP contribution in [0.4, 0.5) is 0 Å². The maximum absolute atomic E-state index is 9.64. The van der Waals surface area contributed by atoms with Crippen molar-refractivity contribution in [3.8, 4) is 0 Å². The first-order valence-corrected chi connectivity index (χ1v) is 4.17. The lowest BCUT2D eigenvalue weighted by atomic mass is 10.1. The van der Waals surface area contributed by atoms with E-state index in [1.807, 2.05) is 18.2 Å². The van der Waals surface area contributed by atoms with E-state index in [1.54, 1.807) is 6.20 Å². The highest BCUT2D eigenvalue weighted by atomic mass is 16.3. The van der Waals surface area contributed by atoms with Crippen LogP contribution >= 0.6 is 0 Å². The fourth-order valence-corrected chi connectivity index (χ4v) is 1.45. The van der Waals surface area contributed by atoms with Crippen molar-refractivity contribution in [1.29, 1.82) is 0 Å². The summed E-state index contributed by atoms with van der Waals surface area (Å²) in [6.07, 6.45) is 7.14. The molecular formula is C10H11NO. The van der Waals surface area contributed by atoms with Crippen molar-refractivity contribution in [2.24, 2.45) is 0 Å². The van der Waals surface area contributed by atoms with Gasteiger partial charge in [-0.05, 0) is 24.5 Å². The summed E-state index contributed by atoms with van der Waals surface area (Å²) in [7, 11) is 0. The predicted molar refractivity (Wildman–Crippen MR) is 47.5 cm³/mol. The number of fused-ring (bicyclic) bond motifs is 1. The Hall–Kier alpha value is -1.15. The monoisotopic (exact) mass is 161 g/mol. The molecule has 1 atom stereocenters. The number of aliphatic hydroxyl groups is 1. The van der Waals surface area contributed by atoms with Gasteiger partial charge in [0, 0.05) is 6.20 Å². The average Bonchev–Trinajstić information content (AvgIpc) is 2.29. The molecule has 1 aromatic heterocycles. The Morgan fingerprint density at radius 1 is 1.50 bits per heavy atom. The molecule has 1 unspecified atom stereocenters. The normalized spacial score (nSPS) is 21.6. The highest BCUT2D eigenvalue weighted by Crippen LogP contribution is 2.24. The molecule has 2 nitrogen and oxygen atoms in total. The van der Waals surface area contributed by atoms with Gasteiger partial charge in [-0.1, -0.05) is 18.2 Å². The Kier molecular flexibility index (Phi) is 1.92. The minimum absolute atomic E-state index is 0.392. The zero-order chi connectivity index (χ0) is 8.39. The smallest absolute Gasteiger partial charge is 0.0968 e. The summed E-state index contributed by atoms with van der Waals surface area (Å²) < 4.78 is 0. The van der Waals surface area contributed by atoms with Crippen LogP contribution in [0, 0.1) is 0 Å². The topological polar surface area (TPSA) is 33.1 Å². The van der Waals surface area contributed by atoms with Crippen molar-refractivity contribution in [2.45, 2.75) is 18.9 Å². The van der Waals surface area contributed by atoms with Crippen LogP contribution < -0.4 is 0 Å². The predicted octanol–water partition coefficient (Wildman–Crippen LogP) is 1.92. The summed E-state index contributed by atoms with van der Waals surface area (Å²) in [5.74, 6) is 0. The third-order valence-corrected chi connectivity index (χ3v) is 2.09. The van der Waals surface area contributed by atoms with E-state index in [9.17, 15) is 5.11 Å². The molecule has 0 saturated heterocycles. The first-order chi connectivity index (χ1) is 5.88. The molecule has 0 saturated carbocycles. The zero-order valence-corrected chi connectivity index (χ0v) is 6.77. The molecular weight excluding hydrogens is 150 g/mol. The molecule has 0 fully saturated rings. The van der Waals surface area contributed by atoms with E-state index in [0.29, 0.717) is 0 Å². The van der Waals surface area contributed by atoms with Gasteiger partial charge in [-0.2, -0.15) is 0 Å². The van der Waals surface area contributed by atoms with Gasteiger partial charge in [-0.15, -0.1) is 0 Å². The van der Waals surface area contributed by atoms with Crippen LogP contribution in [-0.4, -0.2) is 10.1 Å². The van der Waals surface area contributed by atoms with Gasteiger partial charge in [0.25, 0.3) is 0 Å². The quantitative estimate of drug-likeness (QED) is 0.630. The van der Waals surface area contributed by atoms with E-state index in [0.717, 1.165) is 24.1 Å². The molecule has 0 aromatic carbocycles. The van der Waals surface area contributed by atoms with Crippen LogP contribution in [0.15, 0.2) is 24.4 Å². The number of nitrogens with zero attached hydrogens (tertiary/aromatic N) is 1. The van der Waals surface area contributed by atoms with Crippen LogP contribution in [0.3, 0.4) is 0 Å². The number of rotatable bonds is 0. The molecule has 2 rings (SSSR count). The minimum Gasteiger partial charge on any atom is -0.387 e. The summed E-state index contributed by atoms with van der Waals surface area (Å²) in [6.45, 7) is 0. The van der Waals surface area contributed by atoms with Crippen LogP contribution in [0.1, 0.15) is 30.2 Å². The fourth-order valence-electron chi connectivity index (χ4n) is 1.45. The van der Waals surface area contributed by atoms with Crippen LogP contribution in [-0.2, 0) is 0 Å². The Labute approximate surface area is 71.6 Å². The van der Waals surface area contributed by atoms with Crippen LogP contribution in [0.2, 0.25) is 0 Å². The van der Waals surface area contributed by atoms with Gasteiger partial charge in [-0.3, -0.25) is 4.98 Å². The Morgan fingerprint density at radius 3 is 3.33 bits per heavy atom. The number of allylic oxidation sites excluding steroid dienone is 1. The van der Waals surface area contributed by atoms with Crippen molar-refractivity contribution in [1.82, 2.24) is 4.98 Å². The van der Waals surface area contributed by atoms with Gasteiger partial charge in [0.1, 0.15) is 0 Å². The van der Waals surface area contributed by atoms with Gasteiger partial charge < -0.3 is 5.11 Å². The third kappa shape index (κ3) is 1.25. The first kappa shape index (κ1) is 7.50. The molecule has 0 radical (unpaired) electrons. The number of aliphatic hydroxyl groups excluding tert-OH is 1. The number of hydrogen-bond donors (Lipinski definition) is 1. The molecule has 0 amide bonds. The lowest BCUT2D eigenvalue weighted by Crippen LogP contribution is -2.00. The highest BCUT2D eigenvalue weighted by molar-refractivity contribution is 5.53. The van der Waals surface area contributed by atoms with E-state index < -0.39 is 6.10 Å². The third-order valence-electron chi connectivity index (χ3n) is 2.09. The number of hydrogen-bond acceptors (Lipinski definition) is 2. The Morgan fingerprint density at radius 2 is 2.42 bits per heavy atom. The summed E-state index contributed by atoms with van der Waals surface area (Å²) in [5, 5.41) is 9.64. The number of aromatic nitrogens is 1. The average molecular weight is 161 g/mol. The van der Waals surface area contributed by atoms with Crippen LogP contribution in [0.25, 0.3) is 6.08 Å². The molecule has 1 aliphatic rings. The molecule has 2 heteroatoms. The molecule has 0 bridgehead atoms. The lowest BCUT2D eigenvalue weighted by molar-refractivity contribution is 0.164. The van der Waals surface area contributed by atoms with E-state index in [4.69, 9.17) is 0 Å². The second-order valence-corrected chi connectivity index (χ2v) is 2.97. The summed E-state index contributed by atoms with van der Waals surface area (Å²) in [5.41, 5.74) is 1.86. The highest BCUT2D eigenvalue weighted by Gasteiger charge is 2.13. The molecule has 1 aliphatic carbocycles. The zero-order valence-electron chi connectivity index (χ0n) is 6.77. The summed E-state index contributed by atoms with van der Waals surface area (Å²) in [6, 6.07) is 3.87. The maximum Gasteiger partial charge on any atom is 0.0968 e. The standard InChI is InChI=1S/C10H11NO/c12-9-6-2-1-4-8-5-3-7-11-10(8)9/h1,3-5,7,9,12H,2,6H2. The molecule has 1 aromatic rings. The summed E-state index contributed by atoms with van der Waals surface area (Å²) >= 11 is 0. The van der Waals surface area contributed by atoms with Gasteiger partial charge in [0.05, 0.1) is 11.8 Å². The fraction of sp³-hybridized carbons (Fsp3) is 0.300. The molecule has 0 aliphatic heterocycles. The second-order valence-electron chi connectivity index (χ2n) is 2.97. The van der Waals surface area contributed by atoms with E-state index in [1.165, 1.54) is 0 Å². The van der Waals surface area contributed by atoms with Gasteiger partial charge in [0.15, 0.2) is 0 Å². The molecule has 1 N–H and O–H groups in total. The molecule has 1 heterocycles. The van der Waals surface area contributed by atoms with Crippen molar-refractivity contribution in [3.63, 3.8) is 0 Å². The minimum atomic E-state index is -0.392. The van der Waals surface area contributed by atoms with E-state index >= 15 is 0 Å². The SMILES string of the molecule is OC1CCC=Cc2cccnc21. The van der Waals surface area contributed by atoms with Crippen molar-refractivity contribution in [2.75, 3.05) is 0 Å². The first-order valence-electron chi connectivity index (χ1n) is 4.17. The molecule has 0 spiro atoms. The van der Waals surface area contributed by atoms with Gasteiger partial charge in [0.2, 0.25) is 0 Å². The van der Waals surface area contributed by atoms with Crippen molar-refractivity contribution < 1.29 is 5.11 Å². The summed E-state index contributed by atoms with van der Waals surface area (Å²) in [4.78, 5) is 4.16. The Balaban J connectivity index is 2.49. The maximum atomic E-state index is 9.64. The number of pyridine rings is 1. The van der Waals surface area contributed by atoms with Gasteiger partial charge in [-0.25, -0.2) is 0 Å². The van der Waals surface area contributed by atoms with E-state index in [2.05, 4.69) is 11.1 Å². The van der Waals surface area contributed by atoms with Crippen LogP contribution in [0.5, 0.6) is 0 Å². The second kappa shape index (κ2) is 3.07. The van der Waals surface area contributed by atoms with Crippen molar-refractivity contribution in [3.05, 3.63) is 35.7 Å².